The second-order valence-electron chi connectivity index (χ2n) is 6.30. The molecule has 0 aromatic heterocycles. The average Bonchev–Trinajstić information content (AvgIpc) is 2.88. The van der Waals surface area contributed by atoms with Gasteiger partial charge in [-0.1, -0.05) is 35.9 Å². The molecule has 130 valence electrons. The lowest BCUT2D eigenvalue weighted by Crippen LogP contribution is -2.41. The predicted octanol–water partition coefficient (Wildman–Crippen LogP) is 4.61. The molecule has 2 aliphatic rings. The number of hydrogen-bond acceptors (Lipinski definition) is 3. The van der Waals surface area contributed by atoms with Gasteiger partial charge in [0.15, 0.2) is 0 Å². The third-order valence-corrected chi connectivity index (χ3v) is 7.02. The molecular formula is C19H18ClNO3S. The van der Waals surface area contributed by atoms with Crippen LogP contribution in [0.15, 0.2) is 65.6 Å². The van der Waals surface area contributed by atoms with Gasteiger partial charge in [-0.25, -0.2) is 8.42 Å². The standard InChI is InChI=1S/C19H18ClNO3S/c20-18-6-1-2-7-19(18)24-16-10-12-17(13-11-16)25(22,23)21-14-4-3-5-15(21)9-8-14/h1-4,6-7,10-15H,5,8-9H2. The van der Waals surface area contributed by atoms with Crippen LogP contribution in [-0.4, -0.2) is 24.8 Å². The molecule has 0 spiro atoms. The predicted molar refractivity (Wildman–Crippen MR) is 97.6 cm³/mol. The summed E-state index contributed by atoms with van der Waals surface area (Å²) in [5.74, 6) is 1.09. The highest BCUT2D eigenvalue weighted by Crippen LogP contribution is 2.37. The molecule has 2 unspecified atom stereocenters. The van der Waals surface area contributed by atoms with Gasteiger partial charge in [0.1, 0.15) is 11.5 Å². The maximum atomic E-state index is 13.0. The van der Waals surface area contributed by atoms with Crippen LogP contribution in [0.1, 0.15) is 19.3 Å². The first-order valence-corrected chi connectivity index (χ1v) is 10.1. The van der Waals surface area contributed by atoms with E-state index in [1.165, 1.54) is 0 Å². The summed E-state index contributed by atoms with van der Waals surface area (Å²) in [4.78, 5) is 0.297. The Hall–Kier alpha value is -1.82. The fourth-order valence-corrected chi connectivity index (χ4v) is 5.53. The topological polar surface area (TPSA) is 46.6 Å². The number of nitrogens with zero attached hydrogens (tertiary/aromatic N) is 1. The normalized spacial score (nSPS) is 22.9. The van der Waals surface area contributed by atoms with Crippen molar-refractivity contribution >= 4 is 21.6 Å². The van der Waals surface area contributed by atoms with E-state index in [9.17, 15) is 8.42 Å². The summed E-state index contributed by atoms with van der Waals surface area (Å²) in [6.45, 7) is 0. The molecule has 2 aliphatic heterocycles. The zero-order chi connectivity index (χ0) is 17.4. The largest absolute Gasteiger partial charge is 0.456 e. The Morgan fingerprint density at radius 1 is 1.04 bits per heavy atom. The van der Waals surface area contributed by atoms with Crippen LogP contribution < -0.4 is 4.74 Å². The number of ether oxygens (including phenoxy) is 1. The van der Waals surface area contributed by atoms with E-state index < -0.39 is 10.0 Å². The third kappa shape index (κ3) is 3.08. The fourth-order valence-electron chi connectivity index (χ4n) is 3.51. The first kappa shape index (κ1) is 16.6. The number of rotatable bonds is 4. The van der Waals surface area contributed by atoms with Gasteiger partial charge >= 0.3 is 0 Å². The van der Waals surface area contributed by atoms with E-state index in [4.69, 9.17) is 16.3 Å². The van der Waals surface area contributed by atoms with Crippen molar-refractivity contribution in [3.05, 3.63) is 65.7 Å². The lowest BCUT2D eigenvalue weighted by atomic mass is 10.2. The summed E-state index contributed by atoms with van der Waals surface area (Å²) < 4.78 is 33.4. The number of sulfonamides is 1. The lowest BCUT2D eigenvalue weighted by Gasteiger charge is -2.30. The van der Waals surface area contributed by atoms with E-state index in [1.807, 2.05) is 18.2 Å². The summed E-state index contributed by atoms with van der Waals surface area (Å²) in [7, 11) is -3.50. The molecular weight excluding hydrogens is 358 g/mol. The molecule has 0 radical (unpaired) electrons. The summed E-state index contributed by atoms with van der Waals surface area (Å²) in [5.41, 5.74) is 0. The second-order valence-corrected chi connectivity index (χ2v) is 8.55. The van der Waals surface area contributed by atoms with Crippen LogP contribution in [0.2, 0.25) is 5.02 Å². The van der Waals surface area contributed by atoms with Gasteiger partial charge in [0.2, 0.25) is 10.0 Å². The number of benzene rings is 2. The highest BCUT2D eigenvalue weighted by molar-refractivity contribution is 7.89. The quantitative estimate of drug-likeness (QED) is 0.733. The molecule has 2 aromatic rings. The molecule has 2 atom stereocenters. The minimum atomic E-state index is -3.50. The zero-order valence-corrected chi connectivity index (χ0v) is 15.1. The summed E-state index contributed by atoms with van der Waals surface area (Å²) in [6, 6.07) is 13.8. The molecule has 0 saturated carbocycles. The van der Waals surface area contributed by atoms with Crippen LogP contribution in [-0.2, 0) is 10.0 Å². The smallest absolute Gasteiger partial charge is 0.243 e. The minimum Gasteiger partial charge on any atom is -0.456 e. The van der Waals surface area contributed by atoms with Crippen molar-refractivity contribution in [2.45, 2.75) is 36.2 Å². The summed E-state index contributed by atoms with van der Waals surface area (Å²) in [5, 5.41) is 0.510. The van der Waals surface area contributed by atoms with Crippen LogP contribution in [0, 0.1) is 0 Å². The molecule has 0 N–H and O–H groups in total. The van der Waals surface area contributed by atoms with E-state index in [1.54, 1.807) is 40.7 Å². The molecule has 1 fully saturated rings. The lowest BCUT2D eigenvalue weighted by molar-refractivity contribution is 0.341. The molecule has 1 saturated heterocycles. The first-order chi connectivity index (χ1) is 12.1. The van der Waals surface area contributed by atoms with E-state index in [0.717, 1.165) is 19.3 Å². The van der Waals surface area contributed by atoms with Crippen molar-refractivity contribution < 1.29 is 13.2 Å². The van der Waals surface area contributed by atoms with Gasteiger partial charge in [0, 0.05) is 12.1 Å². The maximum Gasteiger partial charge on any atom is 0.243 e. The highest BCUT2D eigenvalue weighted by Gasteiger charge is 2.42. The van der Waals surface area contributed by atoms with Crippen LogP contribution in [0.25, 0.3) is 0 Å². The van der Waals surface area contributed by atoms with Gasteiger partial charge in [-0.3, -0.25) is 0 Å². The van der Waals surface area contributed by atoms with Crippen LogP contribution >= 0.6 is 11.6 Å². The van der Waals surface area contributed by atoms with Gasteiger partial charge in [0.25, 0.3) is 0 Å². The van der Waals surface area contributed by atoms with E-state index in [2.05, 4.69) is 6.08 Å². The van der Waals surface area contributed by atoms with Gasteiger partial charge in [-0.15, -0.1) is 0 Å². The molecule has 2 aromatic carbocycles. The number of para-hydroxylation sites is 1. The van der Waals surface area contributed by atoms with Crippen molar-refractivity contribution in [3.8, 4) is 11.5 Å². The molecule has 2 bridgehead atoms. The van der Waals surface area contributed by atoms with Crippen LogP contribution in [0.3, 0.4) is 0 Å². The molecule has 4 nitrogen and oxygen atoms in total. The van der Waals surface area contributed by atoms with Crippen molar-refractivity contribution in [2.24, 2.45) is 0 Å². The zero-order valence-electron chi connectivity index (χ0n) is 13.5. The van der Waals surface area contributed by atoms with Gasteiger partial charge < -0.3 is 4.74 Å². The fraction of sp³-hybridized carbons (Fsp3) is 0.263. The van der Waals surface area contributed by atoms with E-state index in [-0.39, 0.29) is 12.1 Å². The Kier molecular flexibility index (Phi) is 4.31. The second kappa shape index (κ2) is 6.48. The molecule has 0 aliphatic carbocycles. The van der Waals surface area contributed by atoms with Crippen molar-refractivity contribution in [1.82, 2.24) is 4.31 Å². The summed E-state index contributed by atoms with van der Waals surface area (Å²) >= 11 is 6.08. The number of fused-ring (bicyclic) bond motifs is 2. The monoisotopic (exact) mass is 375 g/mol. The number of hydrogen-bond donors (Lipinski definition) is 0. The Balaban J connectivity index is 1.58. The average molecular weight is 376 g/mol. The first-order valence-electron chi connectivity index (χ1n) is 8.28. The Bertz CT molecular complexity index is 909. The Morgan fingerprint density at radius 3 is 2.52 bits per heavy atom. The minimum absolute atomic E-state index is 0.0113. The van der Waals surface area contributed by atoms with Crippen molar-refractivity contribution in [3.63, 3.8) is 0 Å². The van der Waals surface area contributed by atoms with E-state index in [0.29, 0.717) is 21.4 Å². The summed E-state index contributed by atoms with van der Waals surface area (Å²) in [6.07, 6.45) is 6.72. The molecule has 4 rings (SSSR count). The molecule has 0 amide bonds. The third-order valence-electron chi connectivity index (χ3n) is 4.71. The highest BCUT2D eigenvalue weighted by atomic mass is 35.5. The molecule has 6 heteroatoms. The Labute approximate surface area is 152 Å². The van der Waals surface area contributed by atoms with Gasteiger partial charge in [-0.05, 0) is 55.7 Å². The number of halogens is 1. The van der Waals surface area contributed by atoms with Gasteiger partial charge in [0.05, 0.1) is 9.92 Å². The van der Waals surface area contributed by atoms with Crippen molar-refractivity contribution in [2.75, 3.05) is 0 Å². The van der Waals surface area contributed by atoms with Crippen LogP contribution in [0.5, 0.6) is 11.5 Å². The Morgan fingerprint density at radius 2 is 1.80 bits per heavy atom. The van der Waals surface area contributed by atoms with Crippen molar-refractivity contribution in [1.29, 1.82) is 0 Å². The SMILES string of the molecule is O=S(=O)(c1ccc(Oc2ccccc2Cl)cc1)N1C2C=CCC1CC2. The molecule has 25 heavy (non-hydrogen) atoms. The van der Waals surface area contributed by atoms with E-state index >= 15 is 0 Å². The van der Waals surface area contributed by atoms with Crippen LogP contribution in [0.4, 0.5) is 0 Å². The molecule has 2 heterocycles. The maximum absolute atomic E-state index is 13.0. The van der Waals surface area contributed by atoms with Gasteiger partial charge in [-0.2, -0.15) is 4.31 Å².